The van der Waals surface area contributed by atoms with E-state index >= 15 is 0 Å². The predicted octanol–water partition coefficient (Wildman–Crippen LogP) is 2.44. The number of nitrogens with zero attached hydrogens (tertiary/aromatic N) is 1. The van der Waals surface area contributed by atoms with Crippen LogP contribution in [-0.4, -0.2) is 51.9 Å². The number of methoxy groups -OCH3 is 2. The lowest BCUT2D eigenvalue weighted by atomic mass is 10.2. The molecule has 0 aliphatic rings. The highest BCUT2D eigenvalue weighted by Gasteiger charge is 2.13. The van der Waals surface area contributed by atoms with Gasteiger partial charge in [-0.3, -0.25) is 9.79 Å². The van der Waals surface area contributed by atoms with E-state index in [0.717, 1.165) is 6.54 Å². The molecule has 26 heavy (non-hydrogen) atoms. The number of carbonyl (C=O) groups excluding carboxylic acids is 1. The van der Waals surface area contributed by atoms with Gasteiger partial charge in [0.05, 0.1) is 33.2 Å². The normalized spacial score (nSPS) is 13.0. The van der Waals surface area contributed by atoms with Crippen molar-refractivity contribution in [3.8, 4) is 11.5 Å². The van der Waals surface area contributed by atoms with Crippen molar-refractivity contribution in [2.75, 3.05) is 33.9 Å². The van der Waals surface area contributed by atoms with Crippen LogP contribution in [-0.2, 0) is 9.53 Å². The van der Waals surface area contributed by atoms with Crippen molar-refractivity contribution in [1.29, 1.82) is 0 Å². The highest BCUT2D eigenvalue weighted by Crippen LogP contribution is 2.26. The summed E-state index contributed by atoms with van der Waals surface area (Å²) < 4.78 is 15.9. The molecule has 0 fully saturated rings. The zero-order valence-electron chi connectivity index (χ0n) is 16.1. The molecule has 2 atom stereocenters. The maximum absolute atomic E-state index is 11.4. The zero-order chi connectivity index (χ0) is 18.7. The van der Waals surface area contributed by atoms with Gasteiger partial charge >= 0.3 is 5.97 Å². The summed E-state index contributed by atoms with van der Waals surface area (Å²) in [6.07, 6.45) is -0.0989. The van der Waals surface area contributed by atoms with Crippen LogP contribution in [0.25, 0.3) is 0 Å². The molecule has 1 rings (SSSR count). The maximum atomic E-state index is 11.4. The summed E-state index contributed by atoms with van der Waals surface area (Å²) in [6.45, 7) is 7.35. The van der Waals surface area contributed by atoms with E-state index in [4.69, 9.17) is 14.2 Å². The van der Waals surface area contributed by atoms with E-state index in [1.807, 2.05) is 38.1 Å². The van der Waals surface area contributed by atoms with Gasteiger partial charge in [0.15, 0.2) is 17.5 Å². The number of ether oxygens (including phenoxy) is 3. The fourth-order valence-corrected chi connectivity index (χ4v) is 2.06. The van der Waals surface area contributed by atoms with Gasteiger partial charge in [-0.1, -0.05) is 19.1 Å². The Morgan fingerprint density at radius 3 is 2.38 bits per heavy atom. The van der Waals surface area contributed by atoms with Gasteiger partial charge in [0.2, 0.25) is 0 Å². The molecule has 1 aromatic rings. The number of hydrogen-bond acceptors (Lipinski definition) is 5. The second-order valence-electron chi connectivity index (χ2n) is 5.60. The van der Waals surface area contributed by atoms with Crippen LogP contribution in [0.1, 0.15) is 20.8 Å². The van der Waals surface area contributed by atoms with Crippen LogP contribution >= 0.6 is 24.0 Å². The molecule has 148 valence electrons. The molecule has 0 aromatic heterocycles. The third kappa shape index (κ3) is 8.59. The van der Waals surface area contributed by atoms with Crippen LogP contribution in [0.4, 0.5) is 0 Å². The van der Waals surface area contributed by atoms with Crippen LogP contribution in [0.15, 0.2) is 29.3 Å². The first kappa shape index (κ1) is 24.3. The molecule has 0 radical (unpaired) electrons. The highest BCUT2D eigenvalue weighted by molar-refractivity contribution is 14.0. The van der Waals surface area contributed by atoms with Gasteiger partial charge in [-0.2, -0.15) is 0 Å². The van der Waals surface area contributed by atoms with Gasteiger partial charge < -0.3 is 24.8 Å². The first-order valence-electron chi connectivity index (χ1n) is 8.41. The number of carbonyl (C=O) groups is 1. The van der Waals surface area contributed by atoms with Gasteiger partial charge in [0.1, 0.15) is 6.10 Å². The van der Waals surface area contributed by atoms with E-state index in [1.165, 1.54) is 7.11 Å². The summed E-state index contributed by atoms with van der Waals surface area (Å²) in [6, 6.07) is 7.52. The van der Waals surface area contributed by atoms with Crippen molar-refractivity contribution in [2.24, 2.45) is 10.9 Å². The van der Waals surface area contributed by atoms with Crippen molar-refractivity contribution >= 4 is 35.9 Å². The average molecular weight is 479 g/mol. The fraction of sp³-hybridized carbons (Fsp3) is 0.556. The summed E-state index contributed by atoms with van der Waals surface area (Å²) in [5, 5.41) is 6.35. The van der Waals surface area contributed by atoms with Crippen LogP contribution in [0, 0.1) is 5.92 Å². The summed E-state index contributed by atoms with van der Waals surface area (Å²) >= 11 is 0. The lowest BCUT2D eigenvalue weighted by molar-refractivity contribution is -0.144. The van der Waals surface area contributed by atoms with E-state index in [0.29, 0.717) is 30.5 Å². The first-order chi connectivity index (χ1) is 12.0. The Labute approximate surface area is 172 Å². The zero-order valence-corrected chi connectivity index (χ0v) is 18.4. The Morgan fingerprint density at radius 2 is 1.81 bits per heavy atom. The Bertz CT molecular complexity index is 569. The SMILES string of the molecule is CCNC(=NCC(C)C(=O)OC)NCC(C)Oc1ccccc1OC.I. The number of esters is 1. The van der Waals surface area contributed by atoms with Crippen LogP contribution in [0.3, 0.4) is 0 Å². The van der Waals surface area contributed by atoms with E-state index in [1.54, 1.807) is 14.0 Å². The first-order valence-corrected chi connectivity index (χ1v) is 8.41. The molecule has 2 N–H and O–H groups in total. The standard InChI is InChI=1S/C18H29N3O4.HI/c1-6-19-18(20-11-13(2)17(22)24-5)21-12-14(3)25-16-10-8-7-9-15(16)23-4;/h7-10,13-14H,6,11-12H2,1-5H3,(H2,19,20,21);1H. The second-order valence-corrected chi connectivity index (χ2v) is 5.60. The van der Waals surface area contributed by atoms with Crippen molar-refractivity contribution in [1.82, 2.24) is 10.6 Å². The number of aliphatic imine (C=N–C) groups is 1. The molecule has 7 nitrogen and oxygen atoms in total. The van der Waals surface area contributed by atoms with Gasteiger partial charge in [-0.15, -0.1) is 24.0 Å². The summed E-state index contributed by atoms with van der Waals surface area (Å²) in [5.74, 6) is 1.46. The van der Waals surface area contributed by atoms with E-state index < -0.39 is 0 Å². The number of rotatable bonds is 9. The molecule has 0 aliphatic heterocycles. The molecule has 1 aromatic carbocycles. The van der Waals surface area contributed by atoms with E-state index in [9.17, 15) is 4.79 Å². The fourth-order valence-electron chi connectivity index (χ4n) is 2.06. The minimum Gasteiger partial charge on any atom is -0.493 e. The van der Waals surface area contributed by atoms with Crippen molar-refractivity contribution in [3.05, 3.63) is 24.3 Å². The molecule has 8 heteroatoms. The third-order valence-electron chi connectivity index (χ3n) is 3.43. The molecule has 0 aliphatic carbocycles. The Morgan fingerprint density at radius 1 is 1.15 bits per heavy atom. The van der Waals surface area contributed by atoms with Gasteiger partial charge in [0.25, 0.3) is 0 Å². The van der Waals surface area contributed by atoms with Crippen LogP contribution in [0.2, 0.25) is 0 Å². The maximum Gasteiger partial charge on any atom is 0.310 e. The second kappa shape index (κ2) is 13.5. The number of hydrogen-bond donors (Lipinski definition) is 2. The lowest BCUT2D eigenvalue weighted by Crippen LogP contribution is -2.42. The quantitative estimate of drug-likeness (QED) is 0.245. The third-order valence-corrected chi connectivity index (χ3v) is 3.43. The minimum atomic E-state index is -0.289. The predicted molar refractivity (Wildman–Crippen MR) is 114 cm³/mol. The van der Waals surface area contributed by atoms with Crippen molar-refractivity contribution < 1.29 is 19.0 Å². The van der Waals surface area contributed by atoms with Crippen LogP contribution < -0.4 is 20.1 Å². The molecular formula is C18H30IN3O4. The number of nitrogens with one attached hydrogen (secondary N) is 2. The Balaban J connectivity index is 0.00000625. The topological polar surface area (TPSA) is 81.2 Å². The summed E-state index contributed by atoms with van der Waals surface area (Å²) in [7, 11) is 2.99. The van der Waals surface area contributed by atoms with Gasteiger partial charge in [-0.05, 0) is 26.0 Å². The largest absolute Gasteiger partial charge is 0.493 e. The van der Waals surface area contributed by atoms with E-state index in [-0.39, 0.29) is 42.0 Å². The summed E-state index contributed by atoms with van der Waals surface area (Å²) in [4.78, 5) is 15.9. The highest BCUT2D eigenvalue weighted by atomic mass is 127. The number of benzene rings is 1. The lowest BCUT2D eigenvalue weighted by Gasteiger charge is -2.19. The molecule has 0 amide bonds. The molecule has 0 saturated heterocycles. The van der Waals surface area contributed by atoms with Gasteiger partial charge in [0, 0.05) is 6.54 Å². The van der Waals surface area contributed by atoms with E-state index in [2.05, 4.69) is 15.6 Å². The van der Waals surface area contributed by atoms with Crippen molar-refractivity contribution in [2.45, 2.75) is 26.9 Å². The molecule has 0 bridgehead atoms. The molecule has 0 saturated carbocycles. The number of para-hydroxylation sites is 2. The average Bonchev–Trinajstić information content (AvgIpc) is 2.63. The molecular weight excluding hydrogens is 449 g/mol. The number of guanidine groups is 1. The Kier molecular flexibility index (Phi) is 12.6. The summed E-state index contributed by atoms with van der Waals surface area (Å²) in [5.41, 5.74) is 0. The molecule has 0 spiro atoms. The van der Waals surface area contributed by atoms with Crippen molar-refractivity contribution in [3.63, 3.8) is 0 Å². The molecule has 2 unspecified atom stereocenters. The Hall–Kier alpha value is -1.71. The number of halogens is 1. The minimum absolute atomic E-state index is 0. The monoisotopic (exact) mass is 479 g/mol. The smallest absolute Gasteiger partial charge is 0.310 e. The van der Waals surface area contributed by atoms with Gasteiger partial charge in [-0.25, -0.2) is 0 Å². The molecule has 0 heterocycles. The van der Waals surface area contributed by atoms with Crippen LogP contribution in [0.5, 0.6) is 11.5 Å².